The smallest absolute Gasteiger partial charge is 0.745 e. The van der Waals surface area contributed by atoms with Gasteiger partial charge in [-0.05, 0) is 12.5 Å². The van der Waals surface area contributed by atoms with Crippen LogP contribution in [0, 0.1) is 0 Å². The van der Waals surface area contributed by atoms with Gasteiger partial charge in [0.05, 0.1) is 12.4 Å². The summed E-state index contributed by atoms with van der Waals surface area (Å²) in [5, 5.41) is 10.2. The van der Waals surface area contributed by atoms with Gasteiger partial charge in [0.15, 0.2) is 5.44 Å². The molecule has 11 heteroatoms. The number of ether oxygens (including phenoxy) is 1. The zero-order valence-corrected chi connectivity index (χ0v) is 21.1. The van der Waals surface area contributed by atoms with Gasteiger partial charge in [0.25, 0.3) is 0 Å². The Morgan fingerprint density at radius 3 is 1.96 bits per heavy atom. The number of rotatable bonds is 14. The van der Waals surface area contributed by atoms with Crippen molar-refractivity contribution in [2.75, 3.05) is 0 Å². The van der Waals surface area contributed by atoms with Crippen molar-refractivity contribution in [3.63, 3.8) is 0 Å². The first kappa shape index (κ1) is 31.9. The van der Waals surface area contributed by atoms with E-state index in [0.717, 1.165) is 32.1 Å². The Kier molecular flexibility index (Phi) is 21.6. The number of carboxylic acids is 1. The maximum atomic E-state index is 11.8. The summed E-state index contributed by atoms with van der Waals surface area (Å²) in [7, 11) is -5.05. The molecule has 0 saturated heterocycles. The van der Waals surface area contributed by atoms with Gasteiger partial charge in [0, 0.05) is 12.5 Å². The normalized spacial score (nSPS) is 11.9. The molecule has 0 amide bonds. The van der Waals surface area contributed by atoms with E-state index in [4.69, 9.17) is 0 Å². The van der Waals surface area contributed by atoms with Crippen LogP contribution in [0.2, 0.25) is 0 Å². The largest absolute Gasteiger partial charge is 1.00 e. The molecule has 0 aromatic rings. The fourth-order valence-corrected chi connectivity index (χ4v) is 2.68. The summed E-state index contributed by atoms with van der Waals surface area (Å²) >= 11 is 0. The zero-order chi connectivity index (χ0) is 19.3. The first-order chi connectivity index (χ1) is 11.7. The molecule has 0 bridgehead atoms. The molecule has 0 saturated carbocycles. The third kappa shape index (κ3) is 19.4. The maximum absolute atomic E-state index is 11.8. The molecule has 0 aliphatic rings. The maximum Gasteiger partial charge on any atom is 1.00 e. The monoisotopic (exact) mass is 422 g/mol. The molecule has 0 fully saturated rings. The number of hydrogen-bond acceptors (Lipinski definition) is 8. The summed E-state index contributed by atoms with van der Waals surface area (Å²) in [6.07, 6.45) is 6.95. The van der Waals surface area contributed by atoms with Gasteiger partial charge in [0.1, 0.15) is 15.9 Å². The van der Waals surface area contributed by atoms with Crippen molar-refractivity contribution in [3.05, 3.63) is 12.2 Å². The zero-order valence-electron chi connectivity index (χ0n) is 16.3. The van der Waals surface area contributed by atoms with E-state index < -0.39 is 39.7 Å². The number of carbonyl (C=O) groups is 3. The van der Waals surface area contributed by atoms with Crippen LogP contribution in [0.25, 0.3) is 0 Å². The first-order valence-corrected chi connectivity index (χ1v) is 9.70. The fourth-order valence-electron chi connectivity index (χ4n) is 2.07. The minimum absolute atomic E-state index is 0. The standard InChI is InChI=1S/C16H26O8S.2Na/c1-2-3-4-5-6-7-8-9-13(17)12-16(25(21,22)23)24-15(20)11-10-14(18)19;;/h10-11,16H,2-9,12H2,1H3,(H,18,19)(H,21,22,23);;/q;2*+1/p-2/b11-10-;;. The summed E-state index contributed by atoms with van der Waals surface area (Å²) in [4.78, 5) is 33.2. The van der Waals surface area contributed by atoms with Crippen LogP contribution in [0.15, 0.2) is 12.2 Å². The average molecular weight is 422 g/mol. The van der Waals surface area contributed by atoms with E-state index in [1.54, 1.807) is 0 Å². The number of hydrogen-bond donors (Lipinski definition) is 0. The van der Waals surface area contributed by atoms with Gasteiger partial charge in [-0.1, -0.05) is 45.4 Å². The summed E-state index contributed by atoms with van der Waals surface area (Å²) < 4.78 is 37.6. The Morgan fingerprint density at radius 2 is 1.48 bits per heavy atom. The number of ketones is 1. The Balaban J connectivity index is -0.00000288. The number of esters is 1. The van der Waals surface area contributed by atoms with Crippen molar-refractivity contribution < 1.29 is 96.3 Å². The molecule has 0 radical (unpaired) electrons. The molecule has 0 N–H and O–H groups in total. The molecule has 0 aromatic heterocycles. The van der Waals surface area contributed by atoms with Crippen LogP contribution in [0.1, 0.15) is 64.7 Å². The predicted molar refractivity (Wildman–Crippen MR) is 86.0 cm³/mol. The fraction of sp³-hybridized carbons (Fsp3) is 0.688. The van der Waals surface area contributed by atoms with Gasteiger partial charge in [-0.25, -0.2) is 13.2 Å². The van der Waals surface area contributed by atoms with E-state index in [9.17, 15) is 32.5 Å². The first-order valence-electron chi connectivity index (χ1n) is 8.23. The molecule has 0 aliphatic heterocycles. The van der Waals surface area contributed by atoms with Crippen LogP contribution in [-0.4, -0.2) is 36.1 Å². The molecule has 8 nitrogen and oxygen atoms in total. The molecule has 1 atom stereocenters. The van der Waals surface area contributed by atoms with Crippen LogP contribution in [-0.2, 0) is 29.2 Å². The van der Waals surface area contributed by atoms with E-state index in [2.05, 4.69) is 11.7 Å². The van der Waals surface area contributed by atoms with E-state index in [1.807, 2.05) is 0 Å². The Bertz CT molecular complexity index is 575. The molecular formula is C16H24Na2O8S. The number of carbonyl (C=O) groups excluding carboxylic acids is 3. The van der Waals surface area contributed by atoms with E-state index in [0.29, 0.717) is 18.6 Å². The topological polar surface area (TPSA) is 141 Å². The van der Waals surface area contributed by atoms with Crippen LogP contribution >= 0.6 is 0 Å². The molecule has 0 aromatic carbocycles. The van der Waals surface area contributed by atoms with Gasteiger partial charge in [-0.15, -0.1) is 0 Å². The SMILES string of the molecule is CCCCCCCCCC(=O)CC(OC(=O)/C=C\C(=O)[O-])S(=O)(=O)[O-].[Na+].[Na+]. The van der Waals surface area contributed by atoms with Crippen molar-refractivity contribution in [2.45, 2.75) is 70.1 Å². The molecule has 0 spiro atoms. The van der Waals surface area contributed by atoms with E-state index >= 15 is 0 Å². The van der Waals surface area contributed by atoms with Crippen molar-refractivity contribution in [3.8, 4) is 0 Å². The van der Waals surface area contributed by atoms with Crippen molar-refractivity contribution in [1.29, 1.82) is 0 Å². The van der Waals surface area contributed by atoms with Gasteiger partial charge in [-0.3, -0.25) is 4.79 Å². The average Bonchev–Trinajstić information content (AvgIpc) is 2.50. The van der Waals surface area contributed by atoms with Gasteiger partial charge in [-0.2, -0.15) is 0 Å². The van der Waals surface area contributed by atoms with Gasteiger partial charge in [0.2, 0.25) is 0 Å². The van der Waals surface area contributed by atoms with Crippen LogP contribution in [0.5, 0.6) is 0 Å². The van der Waals surface area contributed by atoms with Crippen molar-refractivity contribution in [1.82, 2.24) is 0 Å². The minimum Gasteiger partial charge on any atom is -0.745 e. The molecule has 144 valence electrons. The summed E-state index contributed by atoms with van der Waals surface area (Å²) in [6.45, 7) is 2.11. The van der Waals surface area contributed by atoms with Crippen molar-refractivity contribution in [2.24, 2.45) is 0 Å². The van der Waals surface area contributed by atoms with Crippen molar-refractivity contribution >= 4 is 27.8 Å². The molecule has 0 heterocycles. The summed E-state index contributed by atoms with van der Waals surface area (Å²) in [6, 6.07) is 0. The molecule has 27 heavy (non-hydrogen) atoms. The van der Waals surface area contributed by atoms with Crippen LogP contribution in [0.3, 0.4) is 0 Å². The van der Waals surface area contributed by atoms with Crippen LogP contribution < -0.4 is 64.2 Å². The molecule has 0 rings (SSSR count). The number of Topliss-reactive ketones (excluding diaryl/α,β-unsaturated/α-hetero) is 1. The third-order valence-corrected chi connectivity index (χ3v) is 4.29. The number of unbranched alkanes of at least 4 members (excludes halogenated alkanes) is 6. The van der Waals surface area contributed by atoms with Gasteiger partial charge >= 0.3 is 65.1 Å². The minimum atomic E-state index is -5.05. The number of carboxylic acid groups (broad SMARTS) is 1. The molecular weight excluding hydrogens is 398 g/mol. The Labute approximate surface area is 204 Å². The third-order valence-electron chi connectivity index (χ3n) is 3.38. The Morgan fingerprint density at radius 1 is 0.963 bits per heavy atom. The number of aliphatic carboxylic acids is 1. The van der Waals surface area contributed by atoms with E-state index in [1.165, 1.54) is 6.42 Å². The predicted octanol–water partition coefficient (Wildman–Crippen LogP) is -5.19. The summed E-state index contributed by atoms with van der Waals surface area (Å²) in [5.41, 5.74) is -2.16. The van der Waals surface area contributed by atoms with E-state index in [-0.39, 0.29) is 65.5 Å². The second-order valence-corrected chi connectivity index (χ2v) is 7.14. The quantitative estimate of drug-likeness (QED) is 0.0890. The second kappa shape index (κ2) is 18.3. The van der Waals surface area contributed by atoms with Crippen LogP contribution in [0.4, 0.5) is 0 Å². The summed E-state index contributed by atoms with van der Waals surface area (Å²) in [5.74, 6) is -3.54. The molecule has 1 unspecified atom stereocenters. The second-order valence-electron chi connectivity index (χ2n) is 5.63. The van der Waals surface area contributed by atoms with Gasteiger partial charge < -0.3 is 19.2 Å². The molecule has 0 aliphatic carbocycles. The Hall–Kier alpha value is 0.260.